The normalized spacial score (nSPS) is 17.6. The Bertz CT molecular complexity index is 1730. The van der Waals surface area contributed by atoms with Gasteiger partial charge in [0.15, 0.2) is 11.2 Å². The summed E-state index contributed by atoms with van der Waals surface area (Å²) in [5.74, 6) is 0.461. The van der Waals surface area contributed by atoms with E-state index in [1.165, 1.54) is 0 Å². The number of aryl methyl sites for hydroxylation is 2. The molecule has 2 amide bonds. The van der Waals surface area contributed by atoms with Crippen molar-refractivity contribution >= 4 is 46.4 Å². The molecule has 0 unspecified atom stereocenters. The molecule has 0 saturated heterocycles. The summed E-state index contributed by atoms with van der Waals surface area (Å²) in [7, 11) is 1.62. The number of imidazole rings is 1. The third-order valence-corrected chi connectivity index (χ3v) is 8.26. The van der Waals surface area contributed by atoms with Gasteiger partial charge in [-0.05, 0) is 74.7 Å². The van der Waals surface area contributed by atoms with Crippen molar-refractivity contribution in [1.82, 2.24) is 9.55 Å². The first-order valence-corrected chi connectivity index (χ1v) is 13.9. The van der Waals surface area contributed by atoms with Gasteiger partial charge in [-0.1, -0.05) is 48.3 Å². The van der Waals surface area contributed by atoms with Crippen molar-refractivity contribution in [2.24, 2.45) is 0 Å². The van der Waals surface area contributed by atoms with Crippen molar-refractivity contribution < 1.29 is 14.3 Å². The molecule has 3 aromatic carbocycles. The van der Waals surface area contributed by atoms with Crippen LogP contribution in [0.15, 0.2) is 54.6 Å². The third kappa shape index (κ3) is 3.54. The predicted molar refractivity (Wildman–Crippen MR) is 158 cm³/mol. The topological polar surface area (TPSA) is 76.5 Å². The summed E-state index contributed by atoms with van der Waals surface area (Å²) in [5.41, 5.74) is 3.54. The van der Waals surface area contributed by atoms with E-state index in [1.807, 2.05) is 49.6 Å². The van der Waals surface area contributed by atoms with Crippen LogP contribution in [-0.2, 0) is 16.8 Å². The first-order valence-electron chi connectivity index (χ1n) is 13.2. The SMILES string of the molecule is CCc1ccc(-c2nc3c(n2C(C)C)[C@]2(C(=O)Nc4cc(Cl)ccc42)N(c2cc(Cl)ccc2C)C3=O)c(OC)c1. The lowest BCUT2D eigenvalue weighted by molar-refractivity contribution is -0.119. The molecule has 1 atom stereocenters. The summed E-state index contributed by atoms with van der Waals surface area (Å²) in [5, 5.41) is 3.93. The van der Waals surface area contributed by atoms with Crippen molar-refractivity contribution in [2.75, 3.05) is 17.3 Å². The number of hydrogen-bond donors (Lipinski definition) is 1. The van der Waals surface area contributed by atoms with Crippen molar-refractivity contribution in [3.05, 3.63) is 92.7 Å². The number of benzene rings is 3. The smallest absolute Gasteiger partial charge is 0.280 e. The number of rotatable bonds is 5. The van der Waals surface area contributed by atoms with Crippen molar-refractivity contribution in [2.45, 2.75) is 45.7 Å². The Kier molecular flexibility index (Phi) is 6.20. The van der Waals surface area contributed by atoms with E-state index >= 15 is 0 Å². The molecule has 0 radical (unpaired) electrons. The average molecular weight is 575 g/mol. The van der Waals surface area contributed by atoms with Crippen LogP contribution < -0.4 is 15.0 Å². The molecule has 7 nitrogen and oxygen atoms in total. The molecule has 0 fully saturated rings. The van der Waals surface area contributed by atoms with Crippen LogP contribution >= 0.6 is 23.2 Å². The highest BCUT2D eigenvalue weighted by atomic mass is 35.5. The molecule has 9 heteroatoms. The molecule has 1 N–H and O–H groups in total. The Balaban J connectivity index is 1.73. The first kappa shape index (κ1) is 26.4. The van der Waals surface area contributed by atoms with Crippen LogP contribution in [-0.4, -0.2) is 28.5 Å². The standard InChI is InChI=1S/C31H28Cl2N4O3/c1-6-18-8-11-21(25(13-18)40-5)28-35-26-27(36(28)16(2)3)31(22-12-10-19(32)14-23(22)34-30(31)39)37(29(26)38)24-15-20(33)9-7-17(24)4/h7-16H,6H2,1-5H3,(H,34,39)/t31-/m1/s1. The Morgan fingerprint density at radius 2 is 1.75 bits per heavy atom. The monoisotopic (exact) mass is 574 g/mol. The van der Waals surface area contributed by atoms with Gasteiger partial charge in [0.05, 0.1) is 24.1 Å². The van der Waals surface area contributed by atoms with Crippen LogP contribution in [0, 0.1) is 6.92 Å². The lowest BCUT2D eigenvalue weighted by Gasteiger charge is -2.36. The summed E-state index contributed by atoms with van der Waals surface area (Å²) in [6.45, 7) is 7.99. The molecule has 0 aliphatic carbocycles. The van der Waals surface area contributed by atoms with Gasteiger partial charge in [0.1, 0.15) is 11.6 Å². The average Bonchev–Trinajstić information content (AvgIpc) is 3.53. The summed E-state index contributed by atoms with van der Waals surface area (Å²) in [6.07, 6.45) is 0.848. The molecular formula is C31H28Cl2N4O3. The van der Waals surface area contributed by atoms with E-state index in [9.17, 15) is 9.59 Å². The van der Waals surface area contributed by atoms with Crippen molar-refractivity contribution in [3.8, 4) is 17.1 Å². The number of halogens is 2. The van der Waals surface area contributed by atoms with Crippen molar-refractivity contribution in [1.29, 1.82) is 0 Å². The van der Waals surface area contributed by atoms with Crippen LogP contribution in [0.1, 0.15) is 59.7 Å². The molecule has 6 rings (SSSR count). The Morgan fingerprint density at radius 3 is 2.45 bits per heavy atom. The lowest BCUT2D eigenvalue weighted by atomic mass is 9.86. The van der Waals surface area contributed by atoms with E-state index in [1.54, 1.807) is 42.3 Å². The Morgan fingerprint density at radius 1 is 1.02 bits per heavy atom. The highest BCUT2D eigenvalue weighted by Crippen LogP contribution is 2.55. The maximum Gasteiger partial charge on any atom is 0.280 e. The fourth-order valence-corrected chi connectivity index (χ4v) is 6.30. The number of amides is 2. The fraction of sp³-hybridized carbons (Fsp3) is 0.258. The highest BCUT2D eigenvalue weighted by Gasteiger charge is 2.64. The first-order chi connectivity index (χ1) is 19.1. The summed E-state index contributed by atoms with van der Waals surface area (Å²) < 4.78 is 7.76. The van der Waals surface area contributed by atoms with Crippen LogP contribution in [0.25, 0.3) is 11.4 Å². The molecule has 3 heterocycles. The van der Waals surface area contributed by atoms with E-state index in [0.717, 1.165) is 23.1 Å². The Labute approximate surface area is 242 Å². The van der Waals surface area contributed by atoms with Crippen molar-refractivity contribution in [3.63, 3.8) is 0 Å². The molecule has 1 spiro atoms. The number of nitrogens with zero attached hydrogens (tertiary/aromatic N) is 3. The van der Waals surface area contributed by atoms with Gasteiger partial charge >= 0.3 is 0 Å². The molecule has 1 aromatic heterocycles. The molecule has 204 valence electrons. The minimum Gasteiger partial charge on any atom is -0.496 e. The zero-order valence-corrected chi connectivity index (χ0v) is 24.3. The number of carbonyl (C=O) groups is 2. The Hall–Kier alpha value is -3.81. The van der Waals surface area contributed by atoms with E-state index < -0.39 is 5.54 Å². The molecular weight excluding hydrogens is 547 g/mol. The number of carbonyl (C=O) groups excluding carboxylic acids is 2. The number of aromatic nitrogens is 2. The zero-order valence-electron chi connectivity index (χ0n) is 22.8. The number of fused-ring (bicyclic) bond motifs is 4. The molecule has 2 aliphatic heterocycles. The minimum atomic E-state index is -1.53. The summed E-state index contributed by atoms with van der Waals surface area (Å²) in [4.78, 5) is 35.3. The van der Waals surface area contributed by atoms with E-state index in [0.29, 0.717) is 44.3 Å². The van der Waals surface area contributed by atoms with Gasteiger partial charge in [0.25, 0.3) is 11.8 Å². The third-order valence-electron chi connectivity index (χ3n) is 7.79. The van der Waals surface area contributed by atoms with Gasteiger partial charge < -0.3 is 14.6 Å². The quantitative estimate of drug-likeness (QED) is 0.274. The predicted octanol–water partition coefficient (Wildman–Crippen LogP) is 7.17. The molecule has 40 heavy (non-hydrogen) atoms. The number of methoxy groups -OCH3 is 1. The van der Waals surface area contributed by atoms with E-state index in [-0.39, 0.29) is 23.6 Å². The highest BCUT2D eigenvalue weighted by molar-refractivity contribution is 6.32. The van der Waals surface area contributed by atoms with Gasteiger partial charge in [0, 0.05) is 27.3 Å². The van der Waals surface area contributed by atoms with Gasteiger partial charge in [-0.25, -0.2) is 4.98 Å². The maximum absolute atomic E-state index is 14.5. The number of hydrogen-bond acceptors (Lipinski definition) is 4. The lowest BCUT2D eigenvalue weighted by Crippen LogP contribution is -2.51. The molecule has 0 bridgehead atoms. The van der Waals surface area contributed by atoms with Gasteiger partial charge in [-0.3, -0.25) is 14.5 Å². The number of nitrogens with one attached hydrogen (secondary N) is 1. The molecule has 2 aliphatic rings. The van der Waals surface area contributed by atoms with Crippen LogP contribution in [0.5, 0.6) is 5.75 Å². The molecule has 4 aromatic rings. The largest absolute Gasteiger partial charge is 0.496 e. The van der Waals surface area contributed by atoms with E-state index in [2.05, 4.69) is 12.2 Å². The summed E-state index contributed by atoms with van der Waals surface area (Å²) >= 11 is 12.8. The van der Waals surface area contributed by atoms with Crippen LogP contribution in [0.2, 0.25) is 10.0 Å². The zero-order chi connectivity index (χ0) is 28.5. The van der Waals surface area contributed by atoms with Crippen LogP contribution in [0.3, 0.4) is 0 Å². The van der Waals surface area contributed by atoms with Gasteiger partial charge in [-0.15, -0.1) is 0 Å². The van der Waals surface area contributed by atoms with Crippen LogP contribution in [0.4, 0.5) is 11.4 Å². The second kappa shape index (κ2) is 9.39. The second-order valence-electron chi connectivity index (χ2n) is 10.4. The minimum absolute atomic E-state index is 0.156. The fourth-order valence-electron chi connectivity index (χ4n) is 5.97. The number of ether oxygens (including phenoxy) is 1. The number of anilines is 2. The second-order valence-corrected chi connectivity index (χ2v) is 11.3. The molecule has 0 saturated carbocycles. The van der Waals surface area contributed by atoms with Gasteiger partial charge in [-0.2, -0.15) is 0 Å². The van der Waals surface area contributed by atoms with E-state index in [4.69, 9.17) is 32.9 Å². The maximum atomic E-state index is 14.5. The summed E-state index contributed by atoms with van der Waals surface area (Å²) in [6, 6.07) is 16.4. The van der Waals surface area contributed by atoms with Gasteiger partial charge in [0.2, 0.25) is 0 Å².